The summed E-state index contributed by atoms with van der Waals surface area (Å²) in [6.45, 7) is 1.11. The highest BCUT2D eigenvalue weighted by Gasteiger charge is 2.58. The molecule has 3 rings (SSSR count). The number of imide groups is 1. The molecule has 0 aromatic carbocycles. The summed E-state index contributed by atoms with van der Waals surface area (Å²) in [5.41, 5.74) is 0. The molecule has 2 amide bonds. The molecular formula is C13H17NO3. The summed E-state index contributed by atoms with van der Waals surface area (Å²) in [6.07, 6.45) is 5.97. The van der Waals surface area contributed by atoms with Crippen LogP contribution in [0.5, 0.6) is 0 Å². The fourth-order valence-corrected chi connectivity index (χ4v) is 3.55. The van der Waals surface area contributed by atoms with Gasteiger partial charge in [-0.2, -0.15) is 0 Å². The van der Waals surface area contributed by atoms with Crippen LogP contribution in [0, 0.1) is 23.7 Å². The monoisotopic (exact) mass is 235 g/mol. The predicted octanol–water partition coefficient (Wildman–Crippen LogP) is 0.830. The summed E-state index contributed by atoms with van der Waals surface area (Å²) in [4.78, 5) is 25.9. The van der Waals surface area contributed by atoms with Crippen molar-refractivity contribution < 1.29 is 14.3 Å². The molecule has 0 spiro atoms. The highest BCUT2D eigenvalue weighted by atomic mass is 16.5. The number of methoxy groups -OCH3 is 1. The Morgan fingerprint density at radius 3 is 2.35 bits per heavy atom. The first kappa shape index (κ1) is 11.0. The number of amides is 2. The maximum atomic E-state index is 12.2. The Kier molecular flexibility index (Phi) is 2.54. The van der Waals surface area contributed by atoms with Gasteiger partial charge in [-0.3, -0.25) is 14.5 Å². The Balaban J connectivity index is 1.74. The van der Waals surface area contributed by atoms with E-state index in [0.29, 0.717) is 25.0 Å². The largest absolute Gasteiger partial charge is 0.385 e. The molecule has 0 radical (unpaired) electrons. The van der Waals surface area contributed by atoms with Crippen LogP contribution in [0.2, 0.25) is 0 Å². The number of nitrogens with zero attached hydrogens (tertiary/aromatic N) is 1. The van der Waals surface area contributed by atoms with Gasteiger partial charge in [-0.15, -0.1) is 0 Å². The second-order valence-electron chi connectivity index (χ2n) is 5.17. The van der Waals surface area contributed by atoms with Crippen molar-refractivity contribution in [1.29, 1.82) is 0 Å². The second-order valence-corrected chi connectivity index (χ2v) is 5.17. The van der Waals surface area contributed by atoms with Gasteiger partial charge in [0.2, 0.25) is 11.8 Å². The standard InChI is InChI=1S/C13H17NO3/c1-17-6-2-5-14-12(15)10-8-3-4-9(7-8)11(10)13(14)16/h3-4,8-11H,2,5-7H2,1H3. The van der Waals surface area contributed by atoms with E-state index in [2.05, 4.69) is 12.2 Å². The highest BCUT2D eigenvalue weighted by Crippen LogP contribution is 2.52. The first-order valence-corrected chi connectivity index (χ1v) is 6.26. The lowest BCUT2D eigenvalue weighted by molar-refractivity contribution is -0.140. The molecule has 2 aliphatic carbocycles. The van der Waals surface area contributed by atoms with Crippen molar-refractivity contribution >= 4 is 11.8 Å². The van der Waals surface area contributed by atoms with Gasteiger partial charge < -0.3 is 4.74 Å². The molecule has 1 saturated carbocycles. The third-order valence-corrected chi connectivity index (χ3v) is 4.29. The minimum Gasteiger partial charge on any atom is -0.385 e. The molecule has 4 atom stereocenters. The minimum absolute atomic E-state index is 0.0490. The third-order valence-electron chi connectivity index (χ3n) is 4.29. The number of carbonyl (C=O) groups excluding carboxylic acids is 2. The van der Waals surface area contributed by atoms with E-state index in [4.69, 9.17) is 4.74 Å². The zero-order valence-electron chi connectivity index (χ0n) is 9.96. The number of allylic oxidation sites excluding steroid dienone is 2. The number of likely N-dealkylation sites (tertiary alicyclic amines) is 1. The number of ether oxygens (including phenoxy) is 1. The average molecular weight is 235 g/mol. The van der Waals surface area contributed by atoms with Crippen LogP contribution in [-0.2, 0) is 14.3 Å². The van der Waals surface area contributed by atoms with Gasteiger partial charge in [-0.25, -0.2) is 0 Å². The van der Waals surface area contributed by atoms with Crippen molar-refractivity contribution in [2.75, 3.05) is 20.3 Å². The van der Waals surface area contributed by atoms with Gasteiger partial charge in [0, 0.05) is 20.3 Å². The normalized spacial score (nSPS) is 38.3. The summed E-state index contributed by atoms with van der Waals surface area (Å²) < 4.78 is 4.96. The summed E-state index contributed by atoms with van der Waals surface area (Å²) >= 11 is 0. The van der Waals surface area contributed by atoms with E-state index in [9.17, 15) is 9.59 Å². The second kappa shape index (κ2) is 3.95. The molecule has 1 aliphatic heterocycles. The molecule has 0 aromatic heterocycles. The van der Waals surface area contributed by atoms with Gasteiger partial charge >= 0.3 is 0 Å². The average Bonchev–Trinajstić information content (AvgIpc) is 2.97. The molecule has 4 nitrogen and oxygen atoms in total. The summed E-state index contributed by atoms with van der Waals surface area (Å²) in [5, 5.41) is 0. The number of rotatable bonds is 4. The fourth-order valence-electron chi connectivity index (χ4n) is 3.55. The van der Waals surface area contributed by atoms with Crippen LogP contribution in [0.4, 0.5) is 0 Å². The van der Waals surface area contributed by atoms with Crippen LogP contribution < -0.4 is 0 Å². The van der Waals surface area contributed by atoms with Crippen molar-refractivity contribution in [3.63, 3.8) is 0 Å². The van der Waals surface area contributed by atoms with Crippen LogP contribution in [-0.4, -0.2) is 37.0 Å². The number of fused-ring (bicyclic) bond motifs is 5. The minimum atomic E-state index is -0.0555. The van der Waals surface area contributed by atoms with Crippen LogP contribution in [0.3, 0.4) is 0 Å². The highest BCUT2D eigenvalue weighted by molar-refractivity contribution is 6.06. The predicted molar refractivity (Wildman–Crippen MR) is 60.9 cm³/mol. The maximum absolute atomic E-state index is 12.2. The van der Waals surface area contributed by atoms with Gasteiger partial charge in [0.05, 0.1) is 11.8 Å². The fraction of sp³-hybridized carbons (Fsp3) is 0.692. The van der Waals surface area contributed by atoms with E-state index in [0.717, 1.165) is 12.8 Å². The number of hydrogen-bond donors (Lipinski definition) is 0. The van der Waals surface area contributed by atoms with Crippen molar-refractivity contribution in [2.45, 2.75) is 12.8 Å². The first-order valence-electron chi connectivity index (χ1n) is 6.26. The zero-order chi connectivity index (χ0) is 12.0. The lowest BCUT2D eigenvalue weighted by Crippen LogP contribution is -2.34. The summed E-state index contributed by atoms with van der Waals surface area (Å²) in [7, 11) is 1.63. The molecule has 17 heavy (non-hydrogen) atoms. The third kappa shape index (κ3) is 1.47. The van der Waals surface area contributed by atoms with Crippen molar-refractivity contribution in [3.8, 4) is 0 Å². The number of carbonyl (C=O) groups is 2. The van der Waals surface area contributed by atoms with Gasteiger partial charge in [0.1, 0.15) is 0 Å². The molecule has 2 fully saturated rings. The molecule has 4 unspecified atom stereocenters. The van der Waals surface area contributed by atoms with Gasteiger partial charge in [0.25, 0.3) is 0 Å². The van der Waals surface area contributed by atoms with Crippen molar-refractivity contribution in [1.82, 2.24) is 4.90 Å². The quantitative estimate of drug-likeness (QED) is 0.412. The Bertz CT molecular complexity index is 360. The van der Waals surface area contributed by atoms with Crippen molar-refractivity contribution in [2.24, 2.45) is 23.7 Å². The smallest absolute Gasteiger partial charge is 0.233 e. The number of hydrogen-bond acceptors (Lipinski definition) is 3. The molecule has 2 bridgehead atoms. The lowest BCUT2D eigenvalue weighted by atomic mass is 9.85. The summed E-state index contributed by atoms with van der Waals surface area (Å²) in [6, 6.07) is 0. The molecule has 3 aliphatic rings. The Labute approximate surface area is 101 Å². The van der Waals surface area contributed by atoms with Crippen LogP contribution in [0.1, 0.15) is 12.8 Å². The SMILES string of the molecule is COCCCN1C(=O)C2C3C=CC(C3)C2C1=O. The Hall–Kier alpha value is -1.16. The van der Waals surface area contributed by atoms with E-state index in [-0.39, 0.29) is 23.7 Å². The van der Waals surface area contributed by atoms with E-state index >= 15 is 0 Å². The maximum Gasteiger partial charge on any atom is 0.233 e. The Morgan fingerprint density at radius 1 is 1.24 bits per heavy atom. The van der Waals surface area contributed by atoms with E-state index in [1.54, 1.807) is 7.11 Å². The molecule has 1 heterocycles. The van der Waals surface area contributed by atoms with Crippen LogP contribution in [0.15, 0.2) is 12.2 Å². The summed E-state index contributed by atoms with van der Waals surface area (Å²) in [5.74, 6) is 0.615. The lowest BCUT2D eigenvalue weighted by Gasteiger charge is -2.16. The Morgan fingerprint density at radius 2 is 1.82 bits per heavy atom. The molecular weight excluding hydrogens is 218 g/mol. The van der Waals surface area contributed by atoms with Crippen LogP contribution in [0.25, 0.3) is 0 Å². The van der Waals surface area contributed by atoms with E-state index in [1.165, 1.54) is 4.90 Å². The molecule has 0 aromatic rings. The molecule has 4 heteroatoms. The van der Waals surface area contributed by atoms with Gasteiger partial charge in [0.15, 0.2) is 0 Å². The topological polar surface area (TPSA) is 46.6 Å². The van der Waals surface area contributed by atoms with E-state index in [1.807, 2.05) is 0 Å². The van der Waals surface area contributed by atoms with Gasteiger partial charge in [-0.05, 0) is 24.7 Å². The molecule has 0 N–H and O–H groups in total. The zero-order valence-corrected chi connectivity index (χ0v) is 9.96. The molecule has 1 saturated heterocycles. The van der Waals surface area contributed by atoms with E-state index < -0.39 is 0 Å². The van der Waals surface area contributed by atoms with Crippen molar-refractivity contribution in [3.05, 3.63) is 12.2 Å². The molecule has 92 valence electrons. The van der Waals surface area contributed by atoms with Crippen LogP contribution >= 0.6 is 0 Å². The first-order chi connectivity index (χ1) is 8.24. The van der Waals surface area contributed by atoms with Gasteiger partial charge in [-0.1, -0.05) is 12.2 Å².